The molecule has 0 saturated carbocycles. The number of benzene rings is 2. The number of carbonyl (C=O) groups excluding carboxylic acids is 1. The minimum Gasteiger partial charge on any atom is -0.480 e. The van der Waals surface area contributed by atoms with E-state index in [1.54, 1.807) is 6.92 Å². The Morgan fingerprint density at radius 3 is 2.08 bits per heavy atom. The Bertz CT molecular complexity index is 771. The number of hydrogen-bond acceptors (Lipinski definition) is 3. The number of carboxylic acid groups (broad SMARTS) is 1. The summed E-state index contributed by atoms with van der Waals surface area (Å²) in [6.45, 7) is 3.34. The van der Waals surface area contributed by atoms with Crippen LogP contribution >= 0.6 is 0 Å². The van der Waals surface area contributed by atoms with E-state index in [0.29, 0.717) is 0 Å². The molecule has 0 saturated heterocycles. The van der Waals surface area contributed by atoms with Crippen molar-refractivity contribution in [3.05, 3.63) is 59.7 Å². The van der Waals surface area contributed by atoms with Crippen molar-refractivity contribution < 1.29 is 19.4 Å². The highest BCUT2D eigenvalue weighted by molar-refractivity contribution is 5.84. The summed E-state index contributed by atoms with van der Waals surface area (Å²) < 4.78 is 5.37. The number of amides is 1. The van der Waals surface area contributed by atoms with Crippen LogP contribution in [0.4, 0.5) is 4.79 Å². The summed E-state index contributed by atoms with van der Waals surface area (Å²) in [6.07, 6.45) is -0.444. The number of hydrogen-bond donors (Lipinski definition) is 2. The monoisotopic (exact) mass is 339 g/mol. The maximum atomic E-state index is 12.1. The number of alkyl carbamates (subject to hydrolysis) is 1. The zero-order valence-corrected chi connectivity index (χ0v) is 14.3. The summed E-state index contributed by atoms with van der Waals surface area (Å²) in [7, 11) is 0. The molecule has 5 nitrogen and oxygen atoms in total. The first-order valence-corrected chi connectivity index (χ1v) is 8.33. The molecule has 1 unspecified atom stereocenters. The van der Waals surface area contributed by atoms with Crippen molar-refractivity contribution >= 4 is 12.1 Å². The van der Waals surface area contributed by atoms with Gasteiger partial charge in [0.05, 0.1) is 0 Å². The van der Waals surface area contributed by atoms with Gasteiger partial charge in [0.1, 0.15) is 12.1 Å². The number of ether oxygens (including phenoxy) is 1. The molecule has 3 rings (SSSR count). The van der Waals surface area contributed by atoms with Gasteiger partial charge < -0.3 is 15.2 Å². The van der Waals surface area contributed by atoms with Gasteiger partial charge in [-0.1, -0.05) is 55.5 Å². The van der Waals surface area contributed by atoms with Gasteiger partial charge in [0, 0.05) is 5.92 Å². The average molecular weight is 339 g/mol. The van der Waals surface area contributed by atoms with Crippen LogP contribution in [0.3, 0.4) is 0 Å². The van der Waals surface area contributed by atoms with E-state index in [4.69, 9.17) is 4.74 Å². The molecule has 0 aliphatic heterocycles. The molecule has 0 heterocycles. The lowest BCUT2D eigenvalue weighted by Gasteiger charge is -2.24. The maximum Gasteiger partial charge on any atom is 0.408 e. The second-order valence-corrected chi connectivity index (χ2v) is 6.44. The van der Waals surface area contributed by atoms with Crippen LogP contribution < -0.4 is 5.32 Å². The molecular weight excluding hydrogens is 318 g/mol. The van der Waals surface area contributed by atoms with Gasteiger partial charge in [0.15, 0.2) is 0 Å². The van der Waals surface area contributed by atoms with Gasteiger partial charge in [-0.3, -0.25) is 0 Å². The fourth-order valence-corrected chi connectivity index (χ4v) is 3.15. The first kappa shape index (κ1) is 17.0. The first-order chi connectivity index (χ1) is 12.0. The van der Waals surface area contributed by atoms with E-state index in [1.165, 1.54) is 6.92 Å². The molecule has 0 radical (unpaired) electrons. The van der Waals surface area contributed by atoms with Gasteiger partial charge in [0.25, 0.3) is 0 Å². The van der Waals surface area contributed by atoms with E-state index < -0.39 is 17.6 Å². The first-order valence-electron chi connectivity index (χ1n) is 8.33. The van der Waals surface area contributed by atoms with Crippen molar-refractivity contribution in [2.24, 2.45) is 0 Å². The Morgan fingerprint density at radius 2 is 1.60 bits per heavy atom. The summed E-state index contributed by atoms with van der Waals surface area (Å²) in [5.74, 6) is -1.13. The lowest BCUT2D eigenvalue weighted by Crippen LogP contribution is -2.52. The highest BCUT2D eigenvalue weighted by Gasteiger charge is 2.34. The zero-order valence-electron chi connectivity index (χ0n) is 14.3. The second-order valence-electron chi connectivity index (χ2n) is 6.44. The molecule has 1 atom stereocenters. The van der Waals surface area contributed by atoms with Crippen LogP contribution in [0, 0.1) is 0 Å². The van der Waals surface area contributed by atoms with Crippen LogP contribution in [0.2, 0.25) is 0 Å². The van der Waals surface area contributed by atoms with Crippen LogP contribution in [-0.2, 0) is 9.53 Å². The summed E-state index contributed by atoms with van der Waals surface area (Å²) in [5, 5.41) is 11.7. The maximum absolute atomic E-state index is 12.1. The smallest absolute Gasteiger partial charge is 0.408 e. The van der Waals surface area contributed by atoms with Crippen LogP contribution in [-0.4, -0.2) is 29.3 Å². The van der Waals surface area contributed by atoms with Gasteiger partial charge in [-0.05, 0) is 35.6 Å². The predicted octanol–water partition coefficient (Wildman–Crippen LogP) is 3.78. The highest BCUT2D eigenvalue weighted by atomic mass is 16.5. The average Bonchev–Trinajstić information content (AvgIpc) is 2.94. The molecule has 0 aromatic heterocycles. The number of rotatable bonds is 5. The normalized spacial score (nSPS) is 15.0. The Hall–Kier alpha value is -2.82. The number of nitrogens with one attached hydrogen (secondary N) is 1. The van der Waals surface area contributed by atoms with E-state index in [9.17, 15) is 14.7 Å². The van der Waals surface area contributed by atoms with Gasteiger partial charge in [-0.15, -0.1) is 0 Å². The number of fused-ring (bicyclic) bond motifs is 3. The minimum absolute atomic E-state index is 0.0455. The van der Waals surface area contributed by atoms with Crippen LogP contribution in [0.5, 0.6) is 0 Å². The Kier molecular flexibility index (Phi) is 4.49. The molecule has 5 heteroatoms. The fraction of sp³-hybridized carbons (Fsp3) is 0.300. The SMILES string of the molecule is CCC(C)(NC(=O)OCC1c2ccccc2-c2ccccc21)C(=O)O. The zero-order chi connectivity index (χ0) is 18.0. The molecular formula is C20H21NO4. The van der Waals surface area contributed by atoms with Gasteiger partial charge in [-0.25, -0.2) is 9.59 Å². The summed E-state index contributed by atoms with van der Waals surface area (Å²) in [4.78, 5) is 23.4. The molecule has 2 N–H and O–H groups in total. The number of carbonyl (C=O) groups is 2. The third-order valence-corrected chi connectivity index (χ3v) is 4.90. The molecule has 2 aromatic carbocycles. The van der Waals surface area contributed by atoms with Gasteiger partial charge >= 0.3 is 12.1 Å². The molecule has 0 fully saturated rings. The van der Waals surface area contributed by atoms with Gasteiger partial charge in [0.2, 0.25) is 0 Å². The van der Waals surface area contributed by atoms with Crippen LogP contribution in [0.1, 0.15) is 37.3 Å². The largest absolute Gasteiger partial charge is 0.480 e. The number of carboxylic acids is 1. The van der Waals surface area contributed by atoms with Crippen molar-refractivity contribution in [2.75, 3.05) is 6.61 Å². The lowest BCUT2D eigenvalue weighted by molar-refractivity contribution is -0.144. The van der Waals surface area contributed by atoms with E-state index in [-0.39, 0.29) is 18.9 Å². The fourth-order valence-electron chi connectivity index (χ4n) is 3.15. The number of aliphatic carboxylic acids is 1. The molecule has 1 amide bonds. The third kappa shape index (κ3) is 3.09. The summed E-state index contributed by atoms with van der Waals surface area (Å²) in [5.41, 5.74) is 3.20. The molecule has 2 aromatic rings. The van der Waals surface area contributed by atoms with E-state index in [1.807, 2.05) is 36.4 Å². The van der Waals surface area contributed by atoms with Crippen LogP contribution in [0.25, 0.3) is 11.1 Å². The van der Waals surface area contributed by atoms with Crippen molar-refractivity contribution in [1.29, 1.82) is 0 Å². The predicted molar refractivity (Wildman–Crippen MR) is 94.5 cm³/mol. The van der Waals surface area contributed by atoms with Crippen molar-refractivity contribution in [2.45, 2.75) is 31.7 Å². The molecule has 0 spiro atoms. The standard InChI is InChI=1S/C20H21NO4/c1-3-20(2,18(22)23)21-19(24)25-12-17-15-10-6-4-8-13(15)14-9-5-7-11-16(14)17/h4-11,17H,3,12H2,1-2H3,(H,21,24)(H,22,23). The Balaban J connectivity index is 1.76. The molecule has 130 valence electrons. The molecule has 25 heavy (non-hydrogen) atoms. The topological polar surface area (TPSA) is 75.6 Å². The Morgan fingerprint density at radius 1 is 1.08 bits per heavy atom. The minimum atomic E-state index is -1.33. The summed E-state index contributed by atoms with van der Waals surface area (Å²) >= 11 is 0. The summed E-state index contributed by atoms with van der Waals surface area (Å²) in [6, 6.07) is 16.1. The Labute approximate surface area is 146 Å². The van der Waals surface area contributed by atoms with Gasteiger partial charge in [-0.2, -0.15) is 0 Å². The highest BCUT2D eigenvalue weighted by Crippen LogP contribution is 2.44. The molecule has 1 aliphatic rings. The molecule has 0 bridgehead atoms. The van der Waals surface area contributed by atoms with E-state index in [2.05, 4.69) is 17.4 Å². The quantitative estimate of drug-likeness (QED) is 0.869. The second kappa shape index (κ2) is 6.59. The van der Waals surface area contributed by atoms with Crippen LogP contribution in [0.15, 0.2) is 48.5 Å². The van der Waals surface area contributed by atoms with Crippen molar-refractivity contribution in [1.82, 2.24) is 5.32 Å². The lowest BCUT2D eigenvalue weighted by atomic mass is 9.98. The van der Waals surface area contributed by atoms with E-state index >= 15 is 0 Å². The van der Waals surface area contributed by atoms with Crippen molar-refractivity contribution in [3.8, 4) is 11.1 Å². The van der Waals surface area contributed by atoms with Crippen molar-refractivity contribution in [3.63, 3.8) is 0 Å². The third-order valence-electron chi connectivity index (χ3n) is 4.90. The van der Waals surface area contributed by atoms with E-state index in [0.717, 1.165) is 22.3 Å². The molecule has 1 aliphatic carbocycles.